The number of nitrogens with zero attached hydrogens (tertiary/aromatic N) is 2. The van der Waals surface area contributed by atoms with Crippen LogP contribution in [0, 0.1) is 5.82 Å². The number of hydrogen-bond acceptors (Lipinski definition) is 4. The van der Waals surface area contributed by atoms with E-state index >= 15 is 0 Å². The molecule has 37 heavy (non-hydrogen) atoms. The van der Waals surface area contributed by atoms with E-state index in [1.54, 1.807) is 55.5 Å². The number of nitrogens with one attached hydrogen (secondary N) is 1. The Morgan fingerprint density at radius 1 is 1.00 bits per heavy atom. The summed E-state index contributed by atoms with van der Waals surface area (Å²) in [5.41, 5.74) is 0.478. The molecule has 0 heterocycles. The summed E-state index contributed by atoms with van der Waals surface area (Å²) in [5, 5.41) is 2.75. The molecular weight excluding hydrogens is 561 g/mol. The van der Waals surface area contributed by atoms with Gasteiger partial charge in [-0.25, -0.2) is 12.8 Å². The molecule has 0 aliphatic rings. The fourth-order valence-electron chi connectivity index (χ4n) is 3.67. The van der Waals surface area contributed by atoms with Gasteiger partial charge in [-0.3, -0.25) is 13.9 Å². The lowest BCUT2D eigenvalue weighted by molar-refractivity contribution is -0.139. The Hall–Kier alpha value is -3.24. The Labute approximate surface area is 225 Å². The molecule has 0 spiro atoms. The van der Waals surface area contributed by atoms with Gasteiger partial charge in [0.05, 0.1) is 10.6 Å². The summed E-state index contributed by atoms with van der Waals surface area (Å²) in [7, 11) is -4.15. The number of amides is 2. The molecule has 0 saturated carbocycles. The van der Waals surface area contributed by atoms with Crippen LogP contribution in [0.3, 0.4) is 0 Å². The van der Waals surface area contributed by atoms with E-state index in [2.05, 4.69) is 21.2 Å². The third-order valence-electron chi connectivity index (χ3n) is 5.72. The number of hydrogen-bond donors (Lipinski definition) is 1. The smallest absolute Gasteiger partial charge is 0.264 e. The van der Waals surface area contributed by atoms with Crippen molar-refractivity contribution in [2.75, 3.05) is 17.4 Å². The van der Waals surface area contributed by atoms with Crippen LogP contribution in [0.4, 0.5) is 10.1 Å². The molecule has 1 N–H and O–H groups in total. The highest BCUT2D eigenvalue weighted by atomic mass is 79.9. The van der Waals surface area contributed by atoms with Gasteiger partial charge in [-0.15, -0.1) is 0 Å². The second-order valence-corrected chi connectivity index (χ2v) is 11.2. The molecule has 0 radical (unpaired) electrons. The summed E-state index contributed by atoms with van der Waals surface area (Å²) >= 11 is 3.36. The molecule has 10 heteroatoms. The number of rotatable bonds is 11. The van der Waals surface area contributed by atoms with Gasteiger partial charge in [0.2, 0.25) is 11.8 Å². The standard InChI is InChI=1S/C27H29BrFN3O4S/c1-3-16-30-27(34)20(2)31(18-21-10-7-8-15-25(21)29)26(33)19-32(23-12-9-11-22(28)17-23)37(35,36)24-13-5-4-6-14-24/h4-15,17,20H,3,16,18-19H2,1-2H3,(H,30,34)/t20-/m1/s1. The van der Waals surface area contributed by atoms with Crippen molar-refractivity contribution in [2.24, 2.45) is 0 Å². The highest BCUT2D eigenvalue weighted by molar-refractivity contribution is 9.10. The van der Waals surface area contributed by atoms with E-state index < -0.39 is 40.2 Å². The minimum atomic E-state index is -4.15. The fraction of sp³-hybridized carbons (Fsp3) is 0.259. The molecule has 0 saturated heterocycles. The second kappa shape index (κ2) is 12.8. The summed E-state index contributed by atoms with van der Waals surface area (Å²) in [6, 6.07) is 19.3. The number of benzene rings is 3. The summed E-state index contributed by atoms with van der Waals surface area (Å²) < 4.78 is 43.5. The largest absolute Gasteiger partial charge is 0.354 e. The minimum absolute atomic E-state index is 0.0113. The number of sulfonamides is 1. The predicted molar refractivity (Wildman–Crippen MR) is 145 cm³/mol. The highest BCUT2D eigenvalue weighted by Crippen LogP contribution is 2.27. The van der Waals surface area contributed by atoms with E-state index in [1.807, 2.05) is 6.92 Å². The van der Waals surface area contributed by atoms with Crippen LogP contribution in [-0.4, -0.2) is 44.3 Å². The van der Waals surface area contributed by atoms with E-state index in [-0.39, 0.29) is 22.7 Å². The molecule has 7 nitrogen and oxygen atoms in total. The quantitative estimate of drug-likeness (QED) is 0.350. The minimum Gasteiger partial charge on any atom is -0.354 e. The summed E-state index contributed by atoms with van der Waals surface area (Å²) in [5.74, 6) is -1.59. The monoisotopic (exact) mass is 589 g/mol. The maximum atomic E-state index is 14.5. The molecule has 0 bridgehead atoms. The van der Waals surface area contributed by atoms with Crippen LogP contribution in [0.1, 0.15) is 25.8 Å². The normalized spacial score (nSPS) is 12.0. The van der Waals surface area contributed by atoms with Crippen LogP contribution in [0.15, 0.2) is 88.2 Å². The Morgan fingerprint density at radius 2 is 1.68 bits per heavy atom. The van der Waals surface area contributed by atoms with Crippen LogP contribution < -0.4 is 9.62 Å². The molecule has 0 aliphatic carbocycles. The average Bonchev–Trinajstić information content (AvgIpc) is 2.89. The molecule has 3 aromatic carbocycles. The SMILES string of the molecule is CCCNC(=O)[C@@H](C)N(Cc1ccccc1F)C(=O)CN(c1cccc(Br)c1)S(=O)(=O)c1ccccc1. The Kier molecular flexibility index (Phi) is 9.82. The molecule has 0 fully saturated rings. The van der Waals surface area contributed by atoms with Crippen molar-refractivity contribution in [3.05, 3.63) is 94.7 Å². The van der Waals surface area contributed by atoms with Gasteiger partial charge in [0.15, 0.2) is 0 Å². The second-order valence-electron chi connectivity index (χ2n) is 8.38. The van der Waals surface area contributed by atoms with E-state index in [1.165, 1.54) is 35.2 Å². The van der Waals surface area contributed by atoms with Gasteiger partial charge in [0.1, 0.15) is 18.4 Å². The van der Waals surface area contributed by atoms with Crippen molar-refractivity contribution in [2.45, 2.75) is 37.8 Å². The number of carbonyl (C=O) groups excluding carboxylic acids is 2. The Balaban J connectivity index is 2.02. The lowest BCUT2D eigenvalue weighted by atomic mass is 10.1. The van der Waals surface area contributed by atoms with Gasteiger partial charge in [0.25, 0.3) is 10.0 Å². The van der Waals surface area contributed by atoms with Gasteiger partial charge >= 0.3 is 0 Å². The van der Waals surface area contributed by atoms with Gasteiger partial charge in [0, 0.05) is 23.1 Å². The zero-order valence-corrected chi connectivity index (χ0v) is 23.0. The van der Waals surface area contributed by atoms with Crippen molar-refractivity contribution in [3.63, 3.8) is 0 Å². The molecule has 0 aromatic heterocycles. The zero-order valence-electron chi connectivity index (χ0n) is 20.6. The first-order valence-electron chi connectivity index (χ1n) is 11.8. The third kappa shape index (κ3) is 7.17. The van der Waals surface area contributed by atoms with E-state index in [0.717, 1.165) is 4.31 Å². The lowest BCUT2D eigenvalue weighted by Crippen LogP contribution is -2.51. The van der Waals surface area contributed by atoms with Crippen LogP contribution in [-0.2, 0) is 26.2 Å². The maximum absolute atomic E-state index is 14.5. The third-order valence-corrected chi connectivity index (χ3v) is 8.00. The molecule has 3 rings (SSSR count). The molecule has 196 valence electrons. The van der Waals surface area contributed by atoms with Crippen LogP contribution in [0.2, 0.25) is 0 Å². The Morgan fingerprint density at radius 3 is 2.32 bits per heavy atom. The van der Waals surface area contributed by atoms with Crippen LogP contribution >= 0.6 is 15.9 Å². The topological polar surface area (TPSA) is 86.8 Å². The van der Waals surface area contributed by atoms with Gasteiger partial charge in [-0.05, 0) is 49.7 Å². The molecule has 1 atom stereocenters. The molecule has 3 aromatic rings. The number of carbonyl (C=O) groups is 2. The van der Waals surface area contributed by atoms with Crippen molar-refractivity contribution in [1.29, 1.82) is 0 Å². The van der Waals surface area contributed by atoms with Crippen LogP contribution in [0.25, 0.3) is 0 Å². The zero-order chi connectivity index (χ0) is 27.0. The van der Waals surface area contributed by atoms with Crippen molar-refractivity contribution in [1.82, 2.24) is 10.2 Å². The predicted octanol–water partition coefficient (Wildman–Crippen LogP) is 4.73. The fourth-order valence-corrected chi connectivity index (χ4v) is 5.48. The maximum Gasteiger partial charge on any atom is 0.264 e. The first-order chi connectivity index (χ1) is 17.6. The number of anilines is 1. The Bertz CT molecular complexity index is 1340. The molecule has 0 unspecified atom stereocenters. The number of halogens is 2. The van der Waals surface area contributed by atoms with Crippen molar-refractivity contribution < 1.29 is 22.4 Å². The summed E-state index contributed by atoms with van der Waals surface area (Å²) in [6.45, 7) is 3.06. The van der Waals surface area contributed by atoms with Crippen LogP contribution in [0.5, 0.6) is 0 Å². The van der Waals surface area contributed by atoms with Crippen molar-refractivity contribution in [3.8, 4) is 0 Å². The average molecular weight is 591 g/mol. The molecule has 0 aliphatic heterocycles. The van der Waals surface area contributed by atoms with Gasteiger partial charge in [-0.1, -0.05) is 65.3 Å². The van der Waals surface area contributed by atoms with Crippen molar-refractivity contribution >= 4 is 43.5 Å². The molecular formula is C27H29BrFN3O4S. The molecule has 2 amide bonds. The first-order valence-corrected chi connectivity index (χ1v) is 14.0. The summed E-state index contributed by atoms with van der Waals surface area (Å²) in [6.07, 6.45) is 0.700. The lowest BCUT2D eigenvalue weighted by Gasteiger charge is -2.32. The van der Waals surface area contributed by atoms with Gasteiger partial charge in [-0.2, -0.15) is 0 Å². The van der Waals surface area contributed by atoms with Gasteiger partial charge < -0.3 is 10.2 Å². The van der Waals surface area contributed by atoms with E-state index in [4.69, 9.17) is 0 Å². The van der Waals surface area contributed by atoms with E-state index in [9.17, 15) is 22.4 Å². The first kappa shape index (κ1) is 28.3. The highest BCUT2D eigenvalue weighted by Gasteiger charge is 2.32. The summed E-state index contributed by atoms with van der Waals surface area (Å²) in [4.78, 5) is 27.8. The van der Waals surface area contributed by atoms with E-state index in [0.29, 0.717) is 17.4 Å².